The van der Waals surface area contributed by atoms with Crippen LogP contribution in [0.15, 0.2) is 0 Å². The van der Waals surface area contributed by atoms with Crippen LogP contribution >= 0.6 is 0 Å². The van der Waals surface area contributed by atoms with Gasteiger partial charge in [0.05, 0.1) is 0 Å². The van der Waals surface area contributed by atoms with E-state index in [1.165, 1.54) is 44.9 Å². The Kier molecular flexibility index (Phi) is 25.3. The Morgan fingerprint density at radius 3 is 1.24 bits per heavy atom. The standard InChI is InChI=1S/C14H26O3.C10H20O2/c1-3-5-7-8-10-12-14(16)17-13(15)11-9-6-4-2;1-2-3-4-5-6-7-8-9-10(11)12/h3-12H2,1-2H3;2-9H2,1H3,(H,11,12). The fourth-order valence-electron chi connectivity index (χ4n) is 2.85. The minimum absolute atomic E-state index is 0.341. The third-order valence-corrected chi connectivity index (χ3v) is 4.69. The Balaban J connectivity index is 0. The second kappa shape index (κ2) is 24.6. The van der Waals surface area contributed by atoms with Gasteiger partial charge in [-0.3, -0.25) is 14.4 Å². The number of carbonyl (C=O) groups is 3. The van der Waals surface area contributed by atoms with Crippen LogP contribution in [0.5, 0.6) is 0 Å². The Morgan fingerprint density at radius 2 is 0.828 bits per heavy atom. The Labute approximate surface area is 179 Å². The first-order chi connectivity index (χ1) is 14.0. The number of carbonyl (C=O) groups excluding carboxylic acids is 2. The van der Waals surface area contributed by atoms with E-state index in [9.17, 15) is 14.4 Å². The van der Waals surface area contributed by atoms with E-state index in [2.05, 4.69) is 20.8 Å². The lowest BCUT2D eigenvalue weighted by Crippen LogP contribution is -2.11. The van der Waals surface area contributed by atoms with Crippen molar-refractivity contribution in [1.29, 1.82) is 0 Å². The first-order valence-electron chi connectivity index (χ1n) is 11.9. The van der Waals surface area contributed by atoms with Crippen molar-refractivity contribution in [2.24, 2.45) is 0 Å². The minimum atomic E-state index is -0.663. The van der Waals surface area contributed by atoms with E-state index in [-0.39, 0.29) is 11.9 Å². The number of hydrogen-bond donors (Lipinski definition) is 1. The largest absolute Gasteiger partial charge is 0.481 e. The second-order valence-electron chi connectivity index (χ2n) is 7.73. The van der Waals surface area contributed by atoms with Gasteiger partial charge in [-0.05, 0) is 19.3 Å². The van der Waals surface area contributed by atoms with Crippen LogP contribution in [0.4, 0.5) is 0 Å². The molecule has 1 N–H and O–H groups in total. The summed E-state index contributed by atoms with van der Waals surface area (Å²) in [6.45, 7) is 6.43. The Hall–Kier alpha value is -1.39. The fraction of sp³-hybridized carbons (Fsp3) is 0.875. The zero-order chi connectivity index (χ0) is 22.2. The van der Waals surface area contributed by atoms with Crippen LogP contribution in [0, 0.1) is 0 Å². The Bertz CT molecular complexity index is 393. The predicted octanol–water partition coefficient (Wildman–Crippen LogP) is 7.21. The highest BCUT2D eigenvalue weighted by atomic mass is 16.6. The van der Waals surface area contributed by atoms with Gasteiger partial charge in [-0.25, -0.2) is 0 Å². The third kappa shape index (κ3) is 28.9. The van der Waals surface area contributed by atoms with Gasteiger partial charge in [0.15, 0.2) is 0 Å². The molecule has 29 heavy (non-hydrogen) atoms. The molecule has 0 fully saturated rings. The van der Waals surface area contributed by atoms with Gasteiger partial charge in [-0.2, -0.15) is 0 Å². The van der Waals surface area contributed by atoms with Gasteiger partial charge in [0.25, 0.3) is 0 Å². The van der Waals surface area contributed by atoms with E-state index in [1.807, 2.05) is 0 Å². The molecule has 0 aromatic carbocycles. The normalized spacial score (nSPS) is 10.2. The molecule has 0 aromatic rings. The number of rotatable bonds is 18. The zero-order valence-electron chi connectivity index (χ0n) is 19.3. The maximum absolute atomic E-state index is 11.3. The summed E-state index contributed by atoms with van der Waals surface area (Å²) < 4.78 is 4.73. The van der Waals surface area contributed by atoms with Crippen molar-refractivity contribution in [3.8, 4) is 0 Å². The number of unbranched alkanes of at least 4 members (excludes halogenated alkanes) is 12. The maximum atomic E-state index is 11.3. The van der Waals surface area contributed by atoms with E-state index in [1.54, 1.807) is 0 Å². The maximum Gasteiger partial charge on any atom is 0.313 e. The van der Waals surface area contributed by atoms with Crippen LogP contribution in [0.1, 0.15) is 136 Å². The van der Waals surface area contributed by atoms with Crippen LogP contribution in [-0.2, 0) is 19.1 Å². The second-order valence-corrected chi connectivity index (χ2v) is 7.73. The van der Waals surface area contributed by atoms with Gasteiger partial charge in [0.1, 0.15) is 0 Å². The average molecular weight is 415 g/mol. The van der Waals surface area contributed by atoms with Gasteiger partial charge in [-0.15, -0.1) is 0 Å². The molecule has 0 unspecified atom stereocenters. The van der Waals surface area contributed by atoms with Crippen molar-refractivity contribution < 1.29 is 24.2 Å². The molecular weight excluding hydrogens is 368 g/mol. The number of carboxylic acid groups (broad SMARTS) is 1. The SMILES string of the molecule is CCCCCCCC(=O)OC(=O)CCCCC.CCCCCCCCCC(=O)O. The molecule has 0 radical (unpaired) electrons. The molecule has 0 aliphatic rings. The number of ether oxygens (including phenoxy) is 1. The van der Waals surface area contributed by atoms with Crippen molar-refractivity contribution in [2.45, 2.75) is 136 Å². The highest BCUT2D eigenvalue weighted by Crippen LogP contribution is 2.08. The van der Waals surface area contributed by atoms with Crippen LogP contribution in [0.25, 0.3) is 0 Å². The highest BCUT2D eigenvalue weighted by molar-refractivity contribution is 5.85. The molecule has 5 heteroatoms. The summed E-state index contributed by atoms with van der Waals surface area (Å²) in [4.78, 5) is 32.6. The molecule has 0 atom stereocenters. The number of carboxylic acids is 1. The van der Waals surface area contributed by atoms with E-state index in [0.29, 0.717) is 19.3 Å². The summed E-state index contributed by atoms with van der Waals surface area (Å²) in [6, 6.07) is 0. The van der Waals surface area contributed by atoms with Gasteiger partial charge in [-0.1, -0.05) is 97.8 Å². The summed E-state index contributed by atoms with van der Waals surface area (Å²) in [5.41, 5.74) is 0. The van der Waals surface area contributed by atoms with Gasteiger partial charge >= 0.3 is 17.9 Å². The monoisotopic (exact) mass is 414 g/mol. The quantitative estimate of drug-likeness (QED) is 0.146. The molecule has 0 aliphatic heterocycles. The first kappa shape index (κ1) is 29.8. The van der Waals surface area contributed by atoms with E-state index < -0.39 is 5.97 Å². The highest BCUT2D eigenvalue weighted by Gasteiger charge is 2.09. The summed E-state index contributed by atoms with van der Waals surface area (Å²) in [7, 11) is 0. The van der Waals surface area contributed by atoms with Gasteiger partial charge < -0.3 is 9.84 Å². The average Bonchev–Trinajstić information content (AvgIpc) is 2.67. The zero-order valence-corrected chi connectivity index (χ0v) is 19.3. The van der Waals surface area contributed by atoms with Gasteiger partial charge in [0, 0.05) is 19.3 Å². The van der Waals surface area contributed by atoms with Crippen LogP contribution in [0.2, 0.25) is 0 Å². The molecule has 0 amide bonds. The smallest absolute Gasteiger partial charge is 0.313 e. The molecule has 5 nitrogen and oxygen atoms in total. The molecule has 0 heterocycles. The van der Waals surface area contributed by atoms with Crippen molar-refractivity contribution in [2.75, 3.05) is 0 Å². The molecular formula is C24H46O5. The lowest BCUT2D eigenvalue weighted by atomic mass is 10.1. The summed E-state index contributed by atoms with van der Waals surface area (Å²) in [5.74, 6) is -1.39. The minimum Gasteiger partial charge on any atom is -0.481 e. The van der Waals surface area contributed by atoms with Crippen molar-refractivity contribution in [3.05, 3.63) is 0 Å². The molecule has 0 spiro atoms. The van der Waals surface area contributed by atoms with Crippen LogP contribution < -0.4 is 0 Å². The molecule has 0 bridgehead atoms. The first-order valence-corrected chi connectivity index (χ1v) is 11.9. The van der Waals surface area contributed by atoms with E-state index in [4.69, 9.17) is 9.84 Å². The van der Waals surface area contributed by atoms with Crippen molar-refractivity contribution in [3.63, 3.8) is 0 Å². The molecule has 0 aliphatic carbocycles. The molecule has 0 saturated carbocycles. The predicted molar refractivity (Wildman–Crippen MR) is 119 cm³/mol. The van der Waals surface area contributed by atoms with E-state index >= 15 is 0 Å². The van der Waals surface area contributed by atoms with Crippen molar-refractivity contribution >= 4 is 17.9 Å². The molecule has 0 rings (SSSR count). The van der Waals surface area contributed by atoms with Crippen LogP contribution in [-0.4, -0.2) is 23.0 Å². The molecule has 0 aromatic heterocycles. The lowest BCUT2D eigenvalue weighted by molar-refractivity contribution is -0.159. The number of aliphatic carboxylic acids is 1. The lowest BCUT2D eigenvalue weighted by Gasteiger charge is -2.02. The Morgan fingerprint density at radius 1 is 0.517 bits per heavy atom. The third-order valence-electron chi connectivity index (χ3n) is 4.69. The van der Waals surface area contributed by atoms with Crippen LogP contribution in [0.3, 0.4) is 0 Å². The molecule has 0 saturated heterocycles. The van der Waals surface area contributed by atoms with Gasteiger partial charge in [0.2, 0.25) is 0 Å². The summed E-state index contributed by atoms with van der Waals surface area (Å²) in [5, 5.41) is 8.35. The topological polar surface area (TPSA) is 80.7 Å². The van der Waals surface area contributed by atoms with E-state index in [0.717, 1.165) is 51.4 Å². The molecule has 172 valence electrons. The summed E-state index contributed by atoms with van der Waals surface area (Å²) >= 11 is 0. The fourth-order valence-corrected chi connectivity index (χ4v) is 2.85. The number of esters is 2. The summed E-state index contributed by atoms with van der Waals surface area (Å²) in [6.07, 6.45) is 17.7. The van der Waals surface area contributed by atoms with Crippen molar-refractivity contribution in [1.82, 2.24) is 0 Å². The number of hydrogen-bond acceptors (Lipinski definition) is 4.